The van der Waals surface area contributed by atoms with E-state index in [1.165, 1.54) is 6.92 Å². The molecule has 25 heavy (non-hydrogen) atoms. The van der Waals surface area contributed by atoms with Crippen LogP contribution < -0.4 is 10.2 Å². The average molecular weight is 338 g/mol. The first-order chi connectivity index (χ1) is 12.0. The molecule has 2 aromatic carbocycles. The molecule has 0 atom stereocenters. The highest BCUT2D eigenvalue weighted by Crippen LogP contribution is 2.14. The molecular weight excluding hydrogens is 320 g/mol. The van der Waals surface area contributed by atoms with E-state index >= 15 is 0 Å². The van der Waals surface area contributed by atoms with E-state index in [1.807, 2.05) is 0 Å². The molecule has 0 spiro atoms. The molecule has 0 heterocycles. The van der Waals surface area contributed by atoms with E-state index in [-0.39, 0.29) is 11.8 Å². The van der Waals surface area contributed by atoms with Gasteiger partial charge in [0.25, 0.3) is 5.91 Å². The van der Waals surface area contributed by atoms with Gasteiger partial charge in [0, 0.05) is 24.6 Å². The van der Waals surface area contributed by atoms with E-state index in [0.717, 1.165) is 16.7 Å². The molecule has 0 fully saturated rings. The molecule has 6 heteroatoms. The van der Waals surface area contributed by atoms with Crippen LogP contribution in [0.5, 0.6) is 0 Å². The summed E-state index contributed by atoms with van der Waals surface area (Å²) in [6.45, 7) is 1.76. The molecule has 2 rings (SSSR count). The number of aldehydes is 1. The highest BCUT2D eigenvalue weighted by Gasteiger charge is 2.09. The number of nitrogens with zero attached hydrogens (tertiary/aromatic N) is 1. The number of benzene rings is 2. The Kier molecular flexibility index (Phi) is 6.17. The normalized spacial score (nSPS) is 9.96. The number of hydrogen-bond acceptors (Lipinski definition) is 4. The van der Waals surface area contributed by atoms with Crippen molar-refractivity contribution in [2.24, 2.45) is 0 Å². The lowest BCUT2D eigenvalue weighted by molar-refractivity contribution is -0.120. The lowest BCUT2D eigenvalue weighted by Crippen LogP contribution is -2.26. The number of carbonyl (C=O) groups is 4. The van der Waals surface area contributed by atoms with Crippen LogP contribution in [0.15, 0.2) is 48.5 Å². The second-order valence-electron chi connectivity index (χ2n) is 5.41. The van der Waals surface area contributed by atoms with Crippen LogP contribution in [0.2, 0.25) is 0 Å². The van der Waals surface area contributed by atoms with Crippen molar-refractivity contribution in [1.29, 1.82) is 0 Å². The van der Waals surface area contributed by atoms with Crippen molar-refractivity contribution in [2.45, 2.75) is 13.3 Å². The van der Waals surface area contributed by atoms with E-state index in [2.05, 4.69) is 5.32 Å². The zero-order valence-electron chi connectivity index (χ0n) is 13.8. The number of imide groups is 1. The first-order valence-corrected chi connectivity index (χ1v) is 7.72. The number of anilines is 1. The molecule has 0 saturated heterocycles. The average Bonchev–Trinajstić information content (AvgIpc) is 2.63. The van der Waals surface area contributed by atoms with Crippen LogP contribution >= 0.6 is 0 Å². The van der Waals surface area contributed by atoms with E-state index < -0.39 is 0 Å². The lowest BCUT2D eigenvalue weighted by Gasteiger charge is -2.13. The summed E-state index contributed by atoms with van der Waals surface area (Å²) < 4.78 is 0. The van der Waals surface area contributed by atoms with Crippen molar-refractivity contribution in [3.8, 4) is 0 Å². The van der Waals surface area contributed by atoms with Crippen molar-refractivity contribution < 1.29 is 19.2 Å². The van der Waals surface area contributed by atoms with E-state index in [0.29, 0.717) is 36.2 Å². The minimum Gasteiger partial charge on any atom is -0.352 e. The highest BCUT2D eigenvalue weighted by molar-refractivity contribution is 6.05. The summed E-state index contributed by atoms with van der Waals surface area (Å²) in [6.07, 6.45) is 1.82. The van der Waals surface area contributed by atoms with Crippen molar-refractivity contribution >= 4 is 30.2 Å². The smallest absolute Gasteiger partial charge is 0.251 e. The SMILES string of the molecule is CC(=O)N(C=O)c1ccc(CCNC(=O)c2ccc(C=O)cc2)cc1. The molecule has 0 radical (unpaired) electrons. The summed E-state index contributed by atoms with van der Waals surface area (Å²) >= 11 is 0. The predicted molar refractivity (Wildman–Crippen MR) is 93.5 cm³/mol. The van der Waals surface area contributed by atoms with Gasteiger partial charge in [-0.25, -0.2) is 0 Å². The first-order valence-electron chi connectivity index (χ1n) is 7.72. The standard InChI is InChI=1S/C19H18N2O4/c1-14(24)21(13-23)18-8-4-15(5-9-18)10-11-20-19(25)17-6-2-16(12-22)3-7-17/h2-9,12-13H,10-11H2,1H3,(H,20,25). The fraction of sp³-hybridized carbons (Fsp3) is 0.158. The summed E-state index contributed by atoms with van der Waals surface area (Å²) in [5.41, 5.74) is 2.48. The van der Waals surface area contributed by atoms with Crippen LogP contribution in [0.25, 0.3) is 0 Å². The molecule has 128 valence electrons. The maximum Gasteiger partial charge on any atom is 0.251 e. The Hall–Kier alpha value is -3.28. The van der Waals surface area contributed by atoms with E-state index in [1.54, 1.807) is 48.5 Å². The van der Waals surface area contributed by atoms with Crippen LogP contribution in [0.4, 0.5) is 5.69 Å². The van der Waals surface area contributed by atoms with Crippen molar-refractivity contribution in [3.63, 3.8) is 0 Å². The first kappa shape index (κ1) is 18.1. The number of amides is 3. The third-order valence-corrected chi connectivity index (χ3v) is 3.67. The molecule has 0 unspecified atom stereocenters. The third kappa shape index (κ3) is 4.84. The minimum atomic E-state index is -0.351. The molecular formula is C19H18N2O4. The molecule has 0 aliphatic rings. The zero-order chi connectivity index (χ0) is 18.2. The van der Waals surface area contributed by atoms with Crippen LogP contribution in [0, 0.1) is 0 Å². The minimum absolute atomic E-state index is 0.210. The van der Waals surface area contributed by atoms with Gasteiger partial charge in [-0.1, -0.05) is 24.3 Å². The Bertz CT molecular complexity index is 767. The number of nitrogens with one attached hydrogen (secondary N) is 1. The highest BCUT2D eigenvalue weighted by atomic mass is 16.2. The second kappa shape index (κ2) is 8.54. The van der Waals surface area contributed by atoms with E-state index in [4.69, 9.17) is 0 Å². The second-order valence-corrected chi connectivity index (χ2v) is 5.41. The lowest BCUT2D eigenvalue weighted by atomic mass is 10.1. The Morgan fingerprint density at radius 1 is 1.00 bits per heavy atom. The van der Waals surface area contributed by atoms with Gasteiger partial charge in [-0.2, -0.15) is 0 Å². The van der Waals surface area contributed by atoms with Gasteiger partial charge in [-0.05, 0) is 36.2 Å². The Labute approximate surface area is 145 Å². The molecule has 2 aromatic rings. The quantitative estimate of drug-likeness (QED) is 0.783. The molecule has 1 N–H and O–H groups in total. The van der Waals surface area contributed by atoms with E-state index in [9.17, 15) is 19.2 Å². The molecule has 3 amide bonds. The zero-order valence-corrected chi connectivity index (χ0v) is 13.8. The summed E-state index contributed by atoms with van der Waals surface area (Å²) in [5, 5.41) is 2.80. The van der Waals surface area contributed by atoms with Crippen LogP contribution in [0.3, 0.4) is 0 Å². The van der Waals surface area contributed by atoms with Gasteiger partial charge < -0.3 is 5.32 Å². The fourth-order valence-corrected chi connectivity index (χ4v) is 2.28. The topological polar surface area (TPSA) is 83.6 Å². The Morgan fingerprint density at radius 2 is 1.64 bits per heavy atom. The summed E-state index contributed by atoms with van der Waals surface area (Å²) in [5.74, 6) is -0.562. The van der Waals surface area contributed by atoms with Gasteiger partial charge in [0.05, 0.1) is 5.69 Å². The Morgan fingerprint density at radius 3 is 2.16 bits per heavy atom. The number of rotatable bonds is 7. The Balaban J connectivity index is 1.88. The van der Waals surface area contributed by atoms with Crippen LogP contribution in [0.1, 0.15) is 33.2 Å². The maximum absolute atomic E-state index is 12.0. The molecule has 0 aliphatic heterocycles. The van der Waals surface area contributed by atoms with Gasteiger partial charge in [-0.3, -0.25) is 24.1 Å². The summed E-state index contributed by atoms with van der Waals surface area (Å²) in [4.78, 5) is 45.8. The summed E-state index contributed by atoms with van der Waals surface area (Å²) in [7, 11) is 0. The van der Waals surface area contributed by atoms with Crippen molar-refractivity contribution in [3.05, 3.63) is 65.2 Å². The number of hydrogen-bond donors (Lipinski definition) is 1. The predicted octanol–water partition coefficient (Wildman–Crippen LogP) is 1.98. The summed E-state index contributed by atoms with van der Waals surface area (Å²) in [6, 6.07) is 13.4. The van der Waals surface area contributed by atoms with Crippen molar-refractivity contribution in [2.75, 3.05) is 11.4 Å². The van der Waals surface area contributed by atoms with Gasteiger partial charge in [0.15, 0.2) is 0 Å². The van der Waals surface area contributed by atoms with Gasteiger partial charge in [0.1, 0.15) is 6.29 Å². The molecule has 6 nitrogen and oxygen atoms in total. The van der Waals surface area contributed by atoms with Crippen LogP contribution in [-0.2, 0) is 16.0 Å². The van der Waals surface area contributed by atoms with Crippen LogP contribution in [-0.4, -0.2) is 31.1 Å². The van der Waals surface area contributed by atoms with Gasteiger partial charge >= 0.3 is 0 Å². The number of carbonyl (C=O) groups excluding carboxylic acids is 4. The maximum atomic E-state index is 12.0. The fourth-order valence-electron chi connectivity index (χ4n) is 2.28. The van der Waals surface area contributed by atoms with Gasteiger partial charge in [-0.15, -0.1) is 0 Å². The molecule has 0 aliphatic carbocycles. The molecule has 0 aromatic heterocycles. The third-order valence-electron chi connectivity index (χ3n) is 3.67. The molecule has 0 bridgehead atoms. The largest absolute Gasteiger partial charge is 0.352 e. The molecule has 0 saturated carbocycles. The van der Waals surface area contributed by atoms with Crippen molar-refractivity contribution in [1.82, 2.24) is 5.32 Å². The monoisotopic (exact) mass is 338 g/mol. The van der Waals surface area contributed by atoms with Gasteiger partial charge in [0.2, 0.25) is 12.3 Å².